The number of aromatic nitrogens is 2. The van der Waals surface area contributed by atoms with E-state index in [0.29, 0.717) is 23.7 Å². The Hall–Kier alpha value is -3.64. The Labute approximate surface area is 194 Å². The van der Waals surface area contributed by atoms with Crippen LogP contribution in [-0.4, -0.2) is 29.9 Å². The first-order chi connectivity index (χ1) is 15.6. The number of anilines is 1. The van der Waals surface area contributed by atoms with Gasteiger partial charge in [0.1, 0.15) is 11.6 Å². The third kappa shape index (κ3) is 5.53. The fourth-order valence-corrected chi connectivity index (χ4v) is 3.27. The average molecular weight is 496 g/mol. The lowest BCUT2D eigenvalue weighted by Crippen LogP contribution is -2.16. The molecule has 8 nitrogen and oxygen atoms in total. The highest BCUT2D eigenvalue weighted by atomic mass is 79.9. The predicted octanol–water partition coefficient (Wildman–Crippen LogP) is 4.70. The van der Waals surface area contributed by atoms with Crippen LogP contribution in [0, 0.1) is 11.3 Å². The molecule has 9 heteroatoms. The highest BCUT2D eigenvalue weighted by Crippen LogP contribution is 2.33. The van der Waals surface area contributed by atoms with E-state index in [2.05, 4.69) is 43.3 Å². The van der Waals surface area contributed by atoms with Gasteiger partial charge in [0.25, 0.3) is 5.56 Å². The number of ether oxygens (including phenoxy) is 2. The molecule has 1 heterocycles. The van der Waals surface area contributed by atoms with Gasteiger partial charge in [-0.15, -0.1) is 0 Å². The summed E-state index contributed by atoms with van der Waals surface area (Å²) in [6, 6.07) is 14.6. The Morgan fingerprint density at radius 2 is 2.06 bits per heavy atom. The Balaban J connectivity index is 1.84. The van der Waals surface area contributed by atoms with Gasteiger partial charge in [-0.2, -0.15) is 10.4 Å². The van der Waals surface area contributed by atoms with Crippen molar-refractivity contribution in [1.29, 1.82) is 5.26 Å². The maximum atomic E-state index is 12.3. The molecule has 0 amide bonds. The summed E-state index contributed by atoms with van der Waals surface area (Å²) in [5, 5.41) is 13.5. The van der Waals surface area contributed by atoms with Crippen molar-refractivity contribution in [2.75, 3.05) is 19.1 Å². The summed E-state index contributed by atoms with van der Waals surface area (Å²) in [5.74, 6) is 1.34. The lowest BCUT2D eigenvalue weighted by atomic mass is 10.1. The first kappa shape index (κ1) is 23.0. The second-order valence-electron chi connectivity index (χ2n) is 6.71. The number of unbranched alkanes of at least 4 members (excludes halogenated alkanes) is 1. The Morgan fingerprint density at radius 3 is 2.75 bits per heavy atom. The lowest BCUT2D eigenvalue weighted by molar-refractivity contribution is 0.288. The standard InChI is InChI=1S/C23H22BrN5O3/c1-3-4-10-32-20-12-18(24)16(11-19(20)31-2)14-26-29-23-27-21(15-8-6-5-7-9-15)17(13-25)22(30)28-23/h5-9,11-12,14H,3-4,10H2,1-2H3,(H2,27,28,29,30). The van der Waals surface area contributed by atoms with Crippen LogP contribution in [0.3, 0.4) is 0 Å². The molecule has 1 aromatic heterocycles. The zero-order valence-electron chi connectivity index (χ0n) is 17.7. The number of hydrogen-bond acceptors (Lipinski definition) is 7. The smallest absolute Gasteiger partial charge is 0.270 e. The quantitative estimate of drug-likeness (QED) is 0.252. The van der Waals surface area contributed by atoms with Crippen molar-refractivity contribution in [3.63, 3.8) is 0 Å². The molecule has 2 aromatic carbocycles. The van der Waals surface area contributed by atoms with Crippen molar-refractivity contribution in [3.8, 4) is 28.8 Å². The first-order valence-corrected chi connectivity index (χ1v) is 10.8. The van der Waals surface area contributed by atoms with Crippen molar-refractivity contribution in [2.24, 2.45) is 5.10 Å². The molecule has 0 fully saturated rings. The molecule has 3 rings (SSSR count). The highest BCUT2D eigenvalue weighted by Gasteiger charge is 2.13. The number of nitriles is 1. The van der Waals surface area contributed by atoms with Gasteiger partial charge >= 0.3 is 0 Å². The average Bonchev–Trinajstić information content (AvgIpc) is 2.80. The maximum absolute atomic E-state index is 12.3. The van der Waals surface area contributed by atoms with E-state index in [0.717, 1.165) is 22.9 Å². The van der Waals surface area contributed by atoms with E-state index in [1.807, 2.05) is 30.3 Å². The van der Waals surface area contributed by atoms with E-state index in [1.54, 1.807) is 31.5 Å². The van der Waals surface area contributed by atoms with Gasteiger partial charge < -0.3 is 9.47 Å². The van der Waals surface area contributed by atoms with E-state index in [9.17, 15) is 10.1 Å². The van der Waals surface area contributed by atoms with Crippen molar-refractivity contribution in [2.45, 2.75) is 19.8 Å². The van der Waals surface area contributed by atoms with Crippen LogP contribution in [0.5, 0.6) is 11.5 Å². The second kappa shape index (κ2) is 11.1. The molecule has 2 N–H and O–H groups in total. The van der Waals surface area contributed by atoms with Gasteiger partial charge in [-0.05, 0) is 34.5 Å². The molecule has 0 atom stereocenters. The van der Waals surface area contributed by atoms with Gasteiger partial charge in [-0.3, -0.25) is 9.78 Å². The van der Waals surface area contributed by atoms with Crippen LogP contribution < -0.4 is 20.5 Å². The molecule has 0 saturated carbocycles. The summed E-state index contributed by atoms with van der Waals surface area (Å²) in [7, 11) is 1.58. The molecule has 0 radical (unpaired) electrons. The number of nitrogens with one attached hydrogen (secondary N) is 2. The van der Waals surface area contributed by atoms with Crippen LogP contribution in [-0.2, 0) is 0 Å². The van der Waals surface area contributed by atoms with E-state index in [4.69, 9.17) is 9.47 Å². The summed E-state index contributed by atoms with van der Waals surface area (Å²) in [4.78, 5) is 19.2. The molecule has 0 aliphatic carbocycles. The van der Waals surface area contributed by atoms with Crippen LogP contribution in [0.25, 0.3) is 11.3 Å². The molecule has 0 aliphatic rings. The van der Waals surface area contributed by atoms with Gasteiger partial charge in [0.2, 0.25) is 5.95 Å². The summed E-state index contributed by atoms with van der Waals surface area (Å²) >= 11 is 3.51. The van der Waals surface area contributed by atoms with E-state index in [-0.39, 0.29) is 17.2 Å². The number of hydrazone groups is 1. The fraction of sp³-hybridized carbons (Fsp3) is 0.217. The van der Waals surface area contributed by atoms with Crippen LogP contribution in [0.1, 0.15) is 30.9 Å². The highest BCUT2D eigenvalue weighted by molar-refractivity contribution is 9.10. The van der Waals surface area contributed by atoms with Crippen LogP contribution in [0.15, 0.2) is 56.8 Å². The summed E-state index contributed by atoms with van der Waals surface area (Å²) in [6.45, 7) is 2.71. The molecule has 3 aromatic rings. The van der Waals surface area contributed by atoms with Crippen LogP contribution in [0.2, 0.25) is 0 Å². The monoisotopic (exact) mass is 495 g/mol. The van der Waals surface area contributed by atoms with Crippen LogP contribution >= 0.6 is 15.9 Å². The number of aromatic amines is 1. The molecule has 164 valence electrons. The Kier molecular flexibility index (Phi) is 8.00. The second-order valence-corrected chi connectivity index (χ2v) is 7.57. The van der Waals surface area contributed by atoms with Crippen molar-refractivity contribution >= 4 is 28.1 Å². The Bertz CT molecular complexity index is 1200. The fourth-order valence-electron chi connectivity index (χ4n) is 2.85. The van der Waals surface area contributed by atoms with E-state index < -0.39 is 5.56 Å². The topological polar surface area (TPSA) is 112 Å². The van der Waals surface area contributed by atoms with E-state index >= 15 is 0 Å². The number of benzene rings is 2. The molecule has 0 spiro atoms. The first-order valence-electron chi connectivity index (χ1n) is 9.96. The summed E-state index contributed by atoms with van der Waals surface area (Å²) in [6.07, 6.45) is 3.55. The minimum absolute atomic E-state index is 0.0585. The number of hydrogen-bond donors (Lipinski definition) is 2. The molecule has 0 bridgehead atoms. The molecule has 32 heavy (non-hydrogen) atoms. The third-order valence-corrected chi connectivity index (χ3v) is 5.18. The van der Waals surface area contributed by atoms with Gasteiger partial charge in [-0.25, -0.2) is 10.4 Å². The van der Waals surface area contributed by atoms with Crippen LogP contribution in [0.4, 0.5) is 5.95 Å². The third-order valence-electron chi connectivity index (χ3n) is 4.49. The minimum atomic E-state index is -0.546. The maximum Gasteiger partial charge on any atom is 0.270 e. The number of nitrogens with zero attached hydrogens (tertiary/aromatic N) is 3. The van der Waals surface area contributed by atoms with Gasteiger partial charge in [0, 0.05) is 15.6 Å². The van der Waals surface area contributed by atoms with Crippen molar-refractivity contribution < 1.29 is 9.47 Å². The van der Waals surface area contributed by atoms with Crippen molar-refractivity contribution in [1.82, 2.24) is 9.97 Å². The molecule has 0 saturated heterocycles. The number of H-pyrrole nitrogens is 1. The van der Waals surface area contributed by atoms with Gasteiger partial charge in [0.15, 0.2) is 11.5 Å². The normalized spacial score (nSPS) is 10.7. The van der Waals surface area contributed by atoms with Gasteiger partial charge in [0.05, 0.1) is 25.6 Å². The number of halogens is 1. The molecular weight excluding hydrogens is 474 g/mol. The summed E-state index contributed by atoms with van der Waals surface area (Å²) < 4.78 is 12.0. The van der Waals surface area contributed by atoms with E-state index in [1.165, 1.54) is 0 Å². The largest absolute Gasteiger partial charge is 0.493 e. The predicted molar refractivity (Wildman–Crippen MR) is 127 cm³/mol. The minimum Gasteiger partial charge on any atom is -0.493 e. The number of methoxy groups -OCH3 is 1. The summed E-state index contributed by atoms with van der Waals surface area (Å²) in [5.41, 5.74) is 3.79. The zero-order valence-corrected chi connectivity index (χ0v) is 19.3. The molecule has 0 unspecified atom stereocenters. The van der Waals surface area contributed by atoms with Crippen molar-refractivity contribution in [3.05, 3.63) is 68.4 Å². The Morgan fingerprint density at radius 1 is 1.28 bits per heavy atom. The van der Waals surface area contributed by atoms with Gasteiger partial charge in [-0.1, -0.05) is 43.7 Å². The lowest BCUT2D eigenvalue weighted by Gasteiger charge is -2.12. The SMILES string of the molecule is CCCCOc1cc(Br)c(C=NNc2nc(-c3ccccc3)c(C#N)c(=O)[nH]2)cc1OC. The molecular formula is C23H22BrN5O3. The molecule has 0 aliphatic heterocycles. The number of rotatable bonds is 9. The zero-order chi connectivity index (χ0) is 22.9.